The number of nitrogens with zero attached hydrogens (tertiary/aromatic N) is 2. The number of nitriles is 1. The minimum Gasteiger partial charge on any atom is -0.269 e. The number of benzene rings is 1. The van der Waals surface area contributed by atoms with Crippen LogP contribution >= 0.6 is 0 Å². The number of aliphatic imine (C=N–C) groups is 1. The number of hydrogen-bond acceptors (Lipinski definition) is 2. The Morgan fingerprint density at radius 2 is 1.72 bits per heavy atom. The molecule has 2 heteroatoms. The lowest BCUT2D eigenvalue weighted by Gasteiger charge is -2.13. The Hall–Kier alpha value is -2.14. The highest BCUT2D eigenvalue weighted by atomic mass is 14.7. The van der Waals surface area contributed by atoms with Gasteiger partial charge in [-0.2, -0.15) is 5.26 Å². The molecular formula is C16H18N2. The molecule has 0 spiro atoms. The summed E-state index contributed by atoms with van der Waals surface area (Å²) >= 11 is 0. The summed E-state index contributed by atoms with van der Waals surface area (Å²) in [6.07, 6.45) is 0. The van der Waals surface area contributed by atoms with Crippen LogP contribution in [0.1, 0.15) is 36.1 Å². The Balaban J connectivity index is 3.54. The highest BCUT2D eigenvalue weighted by Gasteiger charge is 2.09. The summed E-state index contributed by atoms with van der Waals surface area (Å²) in [5, 5.41) is 8.98. The van der Waals surface area contributed by atoms with Crippen molar-refractivity contribution in [3.05, 3.63) is 46.7 Å². The molecule has 1 rings (SSSR count). The first-order chi connectivity index (χ1) is 8.42. The van der Waals surface area contributed by atoms with Gasteiger partial charge < -0.3 is 0 Å². The van der Waals surface area contributed by atoms with Crippen LogP contribution in [-0.2, 0) is 0 Å². The molecule has 0 amide bonds. The van der Waals surface area contributed by atoms with Crippen LogP contribution in [0.3, 0.4) is 0 Å². The maximum Gasteiger partial charge on any atom is 0.0991 e. The van der Waals surface area contributed by atoms with Crippen molar-refractivity contribution in [3.63, 3.8) is 0 Å². The molecule has 0 bridgehead atoms. The average molecular weight is 238 g/mol. The molecule has 0 fully saturated rings. The molecule has 0 unspecified atom stereocenters. The molecule has 0 saturated carbocycles. The van der Waals surface area contributed by atoms with Gasteiger partial charge in [-0.15, -0.1) is 0 Å². The molecule has 0 N–H and O–H groups in total. The molecule has 0 heterocycles. The van der Waals surface area contributed by atoms with Gasteiger partial charge in [0.15, 0.2) is 0 Å². The summed E-state index contributed by atoms with van der Waals surface area (Å²) in [6, 6.07) is 6.20. The van der Waals surface area contributed by atoms with E-state index in [9.17, 15) is 0 Å². The van der Waals surface area contributed by atoms with Gasteiger partial charge in [0.2, 0.25) is 0 Å². The van der Waals surface area contributed by atoms with Crippen molar-refractivity contribution in [1.29, 1.82) is 5.26 Å². The fraction of sp³-hybridized carbons (Fsp3) is 0.250. The van der Waals surface area contributed by atoms with Gasteiger partial charge in [-0.05, 0) is 68.3 Å². The second-order valence-electron chi connectivity index (χ2n) is 4.44. The van der Waals surface area contributed by atoms with E-state index in [2.05, 4.69) is 37.3 Å². The van der Waals surface area contributed by atoms with E-state index >= 15 is 0 Å². The molecule has 0 radical (unpaired) electrons. The molecule has 92 valence electrons. The molecule has 1 aromatic carbocycles. The molecule has 0 aromatic heterocycles. The van der Waals surface area contributed by atoms with Gasteiger partial charge in [0.1, 0.15) is 0 Å². The second-order valence-corrected chi connectivity index (χ2v) is 4.44. The van der Waals surface area contributed by atoms with Gasteiger partial charge in [0.05, 0.1) is 11.6 Å². The molecule has 0 aliphatic rings. The van der Waals surface area contributed by atoms with E-state index in [1.807, 2.05) is 26.8 Å². The SMILES string of the molecule is C=N/C(C)=C(\C)c1cc(C(=C)C#N)c(C)cc1C. The van der Waals surface area contributed by atoms with Gasteiger partial charge in [0, 0.05) is 5.70 Å². The predicted octanol–water partition coefficient (Wildman–Crippen LogP) is 4.29. The standard InChI is InChI=1S/C16H18N2/c1-10-7-11(2)16(13(4)14(5)18-6)8-15(10)12(3)9-17/h7-8H,3,6H2,1-2,4-5H3/b14-13+. The number of hydrogen-bond donors (Lipinski definition) is 0. The third kappa shape index (κ3) is 2.57. The van der Waals surface area contributed by atoms with E-state index in [0.29, 0.717) is 5.57 Å². The van der Waals surface area contributed by atoms with Crippen molar-refractivity contribution in [2.45, 2.75) is 27.7 Å². The summed E-state index contributed by atoms with van der Waals surface area (Å²) in [7, 11) is 0. The fourth-order valence-electron chi connectivity index (χ4n) is 1.96. The van der Waals surface area contributed by atoms with E-state index in [1.165, 1.54) is 5.56 Å². The molecule has 0 atom stereocenters. The zero-order valence-electron chi connectivity index (χ0n) is 11.5. The molecule has 2 nitrogen and oxygen atoms in total. The van der Waals surface area contributed by atoms with E-state index in [4.69, 9.17) is 5.26 Å². The molecule has 0 aliphatic heterocycles. The highest BCUT2D eigenvalue weighted by Crippen LogP contribution is 2.28. The lowest BCUT2D eigenvalue weighted by molar-refractivity contribution is 1.27. The van der Waals surface area contributed by atoms with Crippen LogP contribution < -0.4 is 0 Å². The van der Waals surface area contributed by atoms with E-state index in [1.54, 1.807) is 0 Å². The quantitative estimate of drug-likeness (QED) is 0.571. The monoisotopic (exact) mass is 238 g/mol. The van der Waals surface area contributed by atoms with Crippen LogP contribution in [0.15, 0.2) is 29.4 Å². The van der Waals surface area contributed by atoms with E-state index < -0.39 is 0 Å². The maximum absolute atomic E-state index is 8.98. The van der Waals surface area contributed by atoms with Crippen LogP contribution in [0.5, 0.6) is 0 Å². The van der Waals surface area contributed by atoms with E-state index in [-0.39, 0.29) is 0 Å². The summed E-state index contributed by atoms with van der Waals surface area (Å²) < 4.78 is 0. The van der Waals surface area contributed by atoms with Gasteiger partial charge in [-0.25, -0.2) is 0 Å². The molecule has 0 aliphatic carbocycles. The van der Waals surface area contributed by atoms with Gasteiger partial charge in [0.25, 0.3) is 0 Å². The van der Waals surface area contributed by atoms with Crippen LogP contribution in [0.4, 0.5) is 0 Å². The Bertz CT molecular complexity index is 584. The normalized spacial score (nSPS) is 11.5. The van der Waals surface area contributed by atoms with Gasteiger partial charge >= 0.3 is 0 Å². The number of rotatable bonds is 3. The zero-order chi connectivity index (χ0) is 13.9. The van der Waals surface area contributed by atoms with Gasteiger partial charge in [-0.1, -0.05) is 12.6 Å². The van der Waals surface area contributed by atoms with Crippen molar-refractivity contribution in [3.8, 4) is 6.07 Å². The van der Waals surface area contributed by atoms with Crippen LogP contribution in [-0.4, -0.2) is 6.72 Å². The third-order valence-corrected chi connectivity index (χ3v) is 3.22. The second kappa shape index (κ2) is 5.46. The summed E-state index contributed by atoms with van der Waals surface area (Å²) in [4.78, 5) is 3.97. The van der Waals surface area contributed by atoms with Gasteiger partial charge in [-0.3, -0.25) is 4.99 Å². The number of aryl methyl sites for hydroxylation is 2. The third-order valence-electron chi connectivity index (χ3n) is 3.22. The largest absolute Gasteiger partial charge is 0.269 e. The van der Waals surface area contributed by atoms with Crippen molar-refractivity contribution in [1.82, 2.24) is 0 Å². The highest BCUT2D eigenvalue weighted by molar-refractivity contribution is 5.80. The molecule has 0 saturated heterocycles. The van der Waals surface area contributed by atoms with Crippen LogP contribution in [0.2, 0.25) is 0 Å². The Morgan fingerprint density at radius 1 is 1.17 bits per heavy atom. The van der Waals surface area contributed by atoms with Crippen LogP contribution in [0.25, 0.3) is 11.1 Å². The van der Waals surface area contributed by atoms with Crippen molar-refractivity contribution in [2.24, 2.45) is 4.99 Å². The molecule has 1 aromatic rings. The van der Waals surface area contributed by atoms with Crippen molar-refractivity contribution < 1.29 is 0 Å². The zero-order valence-corrected chi connectivity index (χ0v) is 11.5. The van der Waals surface area contributed by atoms with Crippen LogP contribution in [0, 0.1) is 25.2 Å². The first-order valence-electron chi connectivity index (χ1n) is 5.77. The summed E-state index contributed by atoms with van der Waals surface area (Å²) in [6.45, 7) is 15.3. The van der Waals surface area contributed by atoms with E-state index in [0.717, 1.165) is 28.0 Å². The maximum atomic E-state index is 8.98. The first-order valence-corrected chi connectivity index (χ1v) is 5.77. The topological polar surface area (TPSA) is 36.1 Å². The average Bonchev–Trinajstić information content (AvgIpc) is 2.36. The van der Waals surface area contributed by atoms with Crippen molar-refractivity contribution in [2.75, 3.05) is 0 Å². The molecular weight excluding hydrogens is 220 g/mol. The summed E-state index contributed by atoms with van der Waals surface area (Å²) in [5.74, 6) is 0. The number of allylic oxidation sites excluding steroid dienone is 3. The summed E-state index contributed by atoms with van der Waals surface area (Å²) in [5.41, 5.74) is 6.70. The minimum atomic E-state index is 0.491. The Morgan fingerprint density at radius 3 is 2.22 bits per heavy atom. The molecule has 18 heavy (non-hydrogen) atoms. The lowest BCUT2D eigenvalue weighted by Crippen LogP contribution is -1.94. The first kappa shape index (κ1) is 13.9. The smallest absolute Gasteiger partial charge is 0.0991 e. The fourth-order valence-corrected chi connectivity index (χ4v) is 1.96. The Kier molecular flexibility index (Phi) is 4.23. The van der Waals surface area contributed by atoms with Crippen molar-refractivity contribution >= 4 is 17.9 Å². The minimum absolute atomic E-state index is 0.491. The Labute approximate surface area is 109 Å². The lowest BCUT2D eigenvalue weighted by atomic mass is 9.92. The predicted molar refractivity (Wildman–Crippen MR) is 78.4 cm³/mol.